The summed E-state index contributed by atoms with van der Waals surface area (Å²) < 4.78 is 11.5. The minimum atomic E-state index is -0.442. The van der Waals surface area contributed by atoms with E-state index in [0.717, 1.165) is 18.4 Å². The molecule has 3 aromatic rings. The van der Waals surface area contributed by atoms with E-state index in [-0.39, 0.29) is 40.5 Å². The number of urea groups is 1. The maximum atomic E-state index is 12.8. The van der Waals surface area contributed by atoms with E-state index in [2.05, 4.69) is 65.4 Å². The fraction of sp³-hybridized carbons (Fsp3) is 0.500. The molecule has 10 heteroatoms. The topological polar surface area (TPSA) is 122 Å². The van der Waals surface area contributed by atoms with Crippen molar-refractivity contribution in [2.75, 3.05) is 17.7 Å². The normalized spacial score (nSPS) is 17.3. The third-order valence-corrected chi connectivity index (χ3v) is 7.54. The molecule has 0 unspecified atom stereocenters. The van der Waals surface area contributed by atoms with Crippen LogP contribution in [-0.2, 0) is 11.8 Å². The Morgan fingerprint density at radius 1 is 1.02 bits per heavy atom. The van der Waals surface area contributed by atoms with Gasteiger partial charge in [-0.25, -0.2) is 14.8 Å². The molecule has 1 saturated heterocycles. The Morgan fingerprint density at radius 2 is 1.68 bits per heavy atom. The number of rotatable bonds is 7. The number of Topliss-reactive ketones (excluding diaryl/α,β-unsaturated/α-hetero) is 1. The van der Waals surface area contributed by atoms with Crippen LogP contribution < -0.4 is 15.4 Å². The molecule has 4 rings (SSSR count). The molecule has 0 radical (unpaired) electrons. The second-order valence-electron chi connectivity index (χ2n) is 12.8. The lowest BCUT2D eigenvalue weighted by Crippen LogP contribution is -2.60. The minimum Gasteiger partial charge on any atom is -0.473 e. The van der Waals surface area contributed by atoms with Crippen LogP contribution in [0.25, 0.3) is 0 Å². The first-order valence-corrected chi connectivity index (χ1v) is 13.5. The maximum absolute atomic E-state index is 12.8. The van der Waals surface area contributed by atoms with Crippen LogP contribution in [0.5, 0.6) is 5.88 Å². The number of nitrogens with zero attached hydrogens (tertiary/aromatic N) is 4. The lowest BCUT2D eigenvalue weighted by atomic mass is 9.79. The average Bonchev–Trinajstić information content (AvgIpc) is 3.33. The van der Waals surface area contributed by atoms with Gasteiger partial charge in [0, 0.05) is 47.5 Å². The molecule has 0 bridgehead atoms. The van der Waals surface area contributed by atoms with E-state index >= 15 is 0 Å². The fourth-order valence-corrected chi connectivity index (χ4v) is 5.00. The number of aromatic nitrogens is 3. The number of piperidine rings is 1. The summed E-state index contributed by atoms with van der Waals surface area (Å²) in [4.78, 5) is 36.2. The Kier molecular flexibility index (Phi) is 8.03. The zero-order valence-corrected chi connectivity index (χ0v) is 24.7. The second-order valence-corrected chi connectivity index (χ2v) is 12.8. The summed E-state index contributed by atoms with van der Waals surface area (Å²) in [5, 5.41) is 9.29. The number of anilines is 2. The molecule has 0 saturated carbocycles. The summed E-state index contributed by atoms with van der Waals surface area (Å²) in [7, 11) is 2.15. The first kappa shape index (κ1) is 29.2. The van der Waals surface area contributed by atoms with E-state index in [0.29, 0.717) is 23.1 Å². The van der Waals surface area contributed by atoms with Crippen LogP contribution in [0.15, 0.2) is 47.2 Å². The van der Waals surface area contributed by atoms with Gasteiger partial charge in [0.2, 0.25) is 5.88 Å². The van der Waals surface area contributed by atoms with Crippen LogP contribution in [0.2, 0.25) is 0 Å². The van der Waals surface area contributed by atoms with E-state index in [4.69, 9.17) is 9.26 Å². The molecule has 0 aliphatic carbocycles. The number of carbonyl (C=O) groups excluding carboxylic acids is 2. The third-order valence-electron chi connectivity index (χ3n) is 7.54. The van der Waals surface area contributed by atoms with Crippen LogP contribution in [0.1, 0.15) is 83.1 Å². The maximum Gasteiger partial charge on any atom is 0.324 e. The summed E-state index contributed by atoms with van der Waals surface area (Å²) in [6.45, 7) is 14.9. The Bertz CT molecular complexity index is 1320. The van der Waals surface area contributed by atoms with Crippen LogP contribution in [-0.4, -0.2) is 56.1 Å². The molecule has 1 aliphatic heterocycles. The van der Waals surface area contributed by atoms with Crippen molar-refractivity contribution in [1.29, 1.82) is 0 Å². The van der Waals surface area contributed by atoms with Crippen molar-refractivity contribution >= 4 is 23.3 Å². The first-order chi connectivity index (χ1) is 18.6. The zero-order chi connectivity index (χ0) is 29.3. The van der Waals surface area contributed by atoms with E-state index in [1.165, 1.54) is 12.4 Å². The van der Waals surface area contributed by atoms with E-state index in [1.807, 2.05) is 20.8 Å². The molecule has 1 fully saturated rings. The predicted octanol–water partition coefficient (Wildman–Crippen LogP) is 5.86. The average molecular weight is 549 g/mol. The highest BCUT2D eigenvalue weighted by atomic mass is 16.5. The molecule has 0 atom stereocenters. The minimum absolute atomic E-state index is 0.00217. The van der Waals surface area contributed by atoms with Crippen LogP contribution in [0.3, 0.4) is 0 Å². The highest BCUT2D eigenvalue weighted by Gasteiger charge is 2.44. The van der Waals surface area contributed by atoms with Gasteiger partial charge in [-0.05, 0) is 52.4 Å². The Labute approximate surface area is 235 Å². The quantitative estimate of drug-likeness (QED) is 0.352. The van der Waals surface area contributed by atoms with Gasteiger partial charge in [-0.1, -0.05) is 38.1 Å². The van der Waals surface area contributed by atoms with Gasteiger partial charge in [-0.2, -0.15) is 0 Å². The van der Waals surface area contributed by atoms with Gasteiger partial charge in [-0.15, -0.1) is 0 Å². The molecule has 2 N–H and O–H groups in total. The Balaban J connectivity index is 1.29. The predicted molar refractivity (Wildman–Crippen MR) is 154 cm³/mol. The standard InChI is InChI=1S/C30H40N6O4/c1-28(2,3)24-14-25(35-40-24)34-27(38)33-20-11-9-19(10-12-20)13-23(37)22-17-32-26(18-31-22)39-21-15-29(4,5)36(8)30(6,7)16-21/h9-12,14,17-18,21H,13,15-16H2,1-8H3,(H2,33,34,35,38). The molecule has 1 aliphatic rings. The molecule has 10 nitrogen and oxygen atoms in total. The summed E-state index contributed by atoms with van der Waals surface area (Å²) in [5.74, 6) is 1.28. The molecule has 2 amide bonds. The molecule has 0 spiro atoms. The lowest BCUT2D eigenvalue weighted by molar-refractivity contribution is -0.0567. The van der Waals surface area contributed by atoms with Crippen molar-refractivity contribution in [3.8, 4) is 5.88 Å². The van der Waals surface area contributed by atoms with Crippen molar-refractivity contribution in [2.24, 2.45) is 0 Å². The summed E-state index contributed by atoms with van der Waals surface area (Å²) in [6.07, 6.45) is 4.92. The van der Waals surface area contributed by atoms with Crippen molar-refractivity contribution in [3.63, 3.8) is 0 Å². The number of ketones is 1. The fourth-order valence-electron chi connectivity index (χ4n) is 5.00. The first-order valence-electron chi connectivity index (χ1n) is 13.5. The van der Waals surface area contributed by atoms with Crippen LogP contribution in [0.4, 0.5) is 16.3 Å². The molecule has 214 valence electrons. The van der Waals surface area contributed by atoms with E-state index in [1.54, 1.807) is 30.3 Å². The largest absolute Gasteiger partial charge is 0.473 e. The number of hydrogen-bond donors (Lipinski definition) is 2. The number of likely N-dealkylation sites (tertiary alicyclic amines) is 1. The summed E-state index contributed by atoms with van der Waals surface area (Å²) in [6, 6.07) is 8.30. The number of nitrogens with one attached hydrogen (secondary N) is 2. The van der Waals surface area contributed by atoms with Gasteiger partial charge in [-0.3, -0.25) is 15.0 Å². The lowest BCUT2D eigenvalue weighted by Gasteiger charge is -2.53. The van der Waals surface area contributed by atoms with E-state index < -0.39 is 6.03 Å². The van der Waals surface area contributed by atoms with Gasteiger partial charge < -0.3 is 14.6 Å². The zero-order valence-electron chi connectivity index (χ0n) is 24.7. The molecule has 1 aromatic carbocycles. The van der Waals surface area contributed by atoms with Gasteiger partial charge in [0.05, 0.1) is 12.4 Å². The third kappa shape index (κ3) is 7.04. The van der Waals surface area contributed by atoms with Crippen molar-refractivity contribution in [1.82, 2.24) is 20.0 Å². The molecule has 2 aromatic heterocycles. The monoisotopic (exact) mass is 548 g/mol. The van der Waals surface area contributed by atoms with Crippen LogP contribution in [0, 0.1) is 0 Å². The van der Waals surface area contributed by atoms with E-state index in [9.17, 15) is 9.59 Å². The number of carbonyl (C=O) groups is 2. The smallest absolute Gasteiger partial charge is 0.324 e. The van der Waals surface area contributed by atoms with Gasteiger partial charge in [0.25, 0.3) is 0 Å². The molecular formula is C30H40N6O4. The molecular weight excluding hydrogens is 508 g/mol. The number of amides is 2. The number of hydrogen-bond acceptors (Lipinski definition) is 8. The Hall–Kier alpha value is -3.79. The number of ether oxygens (including phenoxy) is 1. The number of benzene rings is 1. The van der Waals surface area contributed by atoms with Crippen LogP contribution >= 0.6 is 0 Å². The highest BCUT2D eigenvalue weighted by Crippen LogP contribution is 2.38. The Morgan fingerprint density at radius 3 is 2.23 bits per heavy atom. The highest BCUT2D eigenvalue weighted by molar-refractivity contribution is 5.99. The molecule has 3 heterocycles. The van der Waals surface area contributed by atoms with Crippen molar-refractivity contribution in [2.45, 2.75) is 90.3 Å². The summed E-state index contributed by atoms with van der Waals surface area (Å²) >= 11 is 0. The van der Waals surface area contributed by atoms with Gasteiger partial charge in [0.15, 0.2) is 11.6 Å². The summed E-state index contributed by atoms with van der Waals surface area (Å²) in [5.41, 5.74) is 1.44. The van der Waals surface area contributed by atoms with Crippen molar-refractivity contribution in [3.05, 3.63) is 59.7 Å². The van der Waals surface area contributed by atoms with Crippen molar-refractivity contribution < 1.29 is 18.8 Å². The molecule has 40 heavy (non-hydrogen) atoms. The second kappa shape index (κ2) is 11.0. The van der Waals surface area contributed by atoms with Gasteiger partial charge >= 0.3 is 6.03 Å². The van der Waals surface area contributed by atoms with Gasteiger partial charge in [0.1, 0.15) is 17.6 Å². The SMILES string of the molecule is CN1C(C)(C)CC(Oc2cnc(C(=O)Cc3ccc(NC(=O)Nc4cc(C(C)(C)C)on4)cc3)cn2)CC1(C)C.